The van der Waals surface area contributed by atoms with Crippen molar-refractivity contribution in [3.63, 3.8) is 0 Å². The van der Waals surface area contributed by atoms with E-state index in [0.29, 0.717) is 16.7 Å². The smallest absolute Gasteiger partial charge is 0.271 e. The summed E-state index contributed by atoms with van der Waals surface area (Å²) in [5.74, 6) is 0.520. The molecule has 3 heterocycles. The Bertz CT molecular complexity index is 997. The number of fused-ring (bicyclic) bond motifs is 1. The zero-order valence-electron chi connectivity index (χ0n) is 14.1. The molecular weight excluding hydrogens is 328 g/mol. The maximum absolute atomic E-state index is 12.6. The van der Waals surface area contributed by atoms with Gasteiger partial charge in [-0.25, -0.2) is 9.67 Å². The highest BCUT2D eigenvalue weighted by atomic mass is 32.1. The fourth-order valence-electron chi connectivity index (χ4n) is 2.26. The average Bonchev–Trinajstić information content (AvgIpc) is 3.01. The van der Waals surface area contributed by atoms with Gasteiger partial charge in [0.1, 0.15) is 5.56 Å². The van der Waals surface area contributed by atoms with Crippen molar-refractivity contribution in [2.24, 2.45) is 7.05 Å². The Balaban J connectivity index is 1.99. The van der Waals surface area contributed by atoms with Crippen LogP contribution in [0.25, 0.3) is 4.96 Å². The van der Waals surface area contributed by atoms with Crippen LogP contribution < -0.4 is 10.9 Å². The number of hydrogen-bond donors (Lipinski definition) is 1. The Labute approximate surface area is 142 Å². The molecule has 1 amide bonds. The van der Waals surface area contributed by atoms with Gasteiger partial charge in [0.15, 0.2) is 10.8 Å². The van der Waals surface area contributed by atoms with Crippen LogP contribution in [0.15, 0.2) is 11.0 Å². The minimum absolute atomic E-state index is 0.0255. The summed E-state index contributed by atoms with van der Waals surface area (Å²) in [4.78, 5) is 35.2. The van der Waals surface area contributed by atoms with Gasteiger partial charge in [-0.05, 0) is 13.8 Å². The number of carbonyl (C=O) groups excluding carboxylic acids is 1. The number of hydrogen-bond acceptors (Lipinski definition) is 6. The van der Waals surface area contributed by atoms with Crippen LogP contribution >= 0.6 is 11.3 Å². The molecule has 3 rings (SSSR count). The first-order chi connectivity index (χ1) is 11.3. The number of aromatic nitrogens is 5. The van der Waals surface area contributed by atoms with Gasteiger partial charge in [0, 0.05) is 29.7 Å². The highest BCUT2D eigenvalue weighted by molar-refractivity contribution is 7.17. The molecule has 0 aromatic carbocycles. The van der Waals surface area contributed by atoms with Crippen molar-refractivity contribution >= 4 is 28.2 Å². The lowest BCUT2D eigenvalue weighted by molar-refractivity contribution is 0.102. The van der Waals surface area contributed by atoms with E-state index in [1.807, 2.05) is 27.7 Å². The first-order valence-electron chi connectivity index (χ1n) is 7.49. The van der Waals surface area contributed by atoms with Gasteiger partial charge in [0.05, 0.1) is 0 Å². The Morgan fingerprint density at radius 2 is 2.04 bits per heavy atom. The summed E-state index contributed by atoms with van der Waals surface area (Å²) in [6.07, 6.45) is 1.31. The third-order valence-corrected chi connectivity index (χ3v) is 4.86. The predicted molar refractivity (Wildman–Crippen MR) is 91.9 cm³/mol. The third-order valence-electron chi connectivity index (χ3n) is 3.78. The molecule has 24 heavy (non-hydrogen) atoms. The van der Waals surface area contributed by atoms with Gasteiger partial charge in [-0.1, -0.05) is 13.8 Å². The second-order valence-corrected chi connectivity index (χ2v) is 7.05. The number of rotatable bonds is 3. The number of aryl methyl sites for hydroxylation is 3. The summed E-state index contributed by atoms with van der Waals surface area (Å²) in [5.41, 5.74) is 0.385. The fourth-order valence-corrected chi connectivity index (χ4v) is 3.19. The topological polar surface area (TPSA) is 94.2 Å². The summed E-state index contributed by atoms with van der Waals surface area (Å²) in [5, 5.41) is 6.87. The zero-order valence-corrected chi connectivity index (χ0v) is 14.9. The van der Waals surface area contributed by atoms with E-state index in [2.05, 4.69) is 20.4 Å². The van der Waals surface area contributed by atoms with E-state index in [9.17, 15) is 9.59 Å². The molecular formula is C15H18N6O2S. The maximum Gasteiger partial charge on any atom is 0.271 e. The lowest BCUT2D eigenvalue weighted by Gasteiger charge is -2.04. The monoisotopic (exact) mass is 346 g/mol. The molecule has 3 aromatic heterocycles. The van der Waals surface area contributed by atoms with Crippen molar-refractivity contribution in [2.45, 2.75) is 33.6 Å². The summed E-state index contributed by atoms with van der Waals surface area (Å²) in [6, 6.07) is 0. The molecule has 0 spiro atoms. The minimum atomic E-state index is -0.545. The van der Waals surface area contributed by atoms with Gasteiger partial charge in [0.2, 0.25) is 5.95 Å². The van der Waals surface area contributed by atoms with Gasteiger partial charge in [-0.2, -0.15) is 10.1 Å². The quantitative estimate of drug-likeness (QED) is 0.781. The van der Waals surface area contributed by atoms with Crippen molar-refractivity contribution in [3.05, 3.63) is 38.5 Å². The van der Waals surface area contributed by atoms with Crippen LogP contribution in [0.4, 0.5) is 5.95 Å². The van der Waals surface area contributed by atoms with Crippen molar-refractivity contribution in [1.29, 1.82) is 0 Å². The average molecular weight is 346 g/mol. The summed E-state index contributed by atoms with van der Waals surface area (Å²) >= 11 is 1.42. The Hall–Kier alpha value is -2.55. The molecule has 0 radical (unpaired) electrons. The van der Waals surface area contributed by atoms with E-state index in [4.69, 9.17) is 0 Å². The van der Waals surface area contributed by atoms with E-state index in [-0.39, 0.29) is 17.0 Å². The first kappa shape index (κ1) is 16.3. The molecule has 126 valence electrons. The van der Waals surface area contributed by atoms with Crippen LogP contribution in [0, 0.1) is 13.8 Å². The molecule has 8 nitrogen and oxygen atoms in total. The largest absolute Gasteiger partial charge is 0.290 e. The third kappa shape index (κ3) is 2.60. The Kier molecular flexibility index (Phi) is 3.96. The molecule has 0 saturated carbocycles. The number of anilines is 1. The van der Waals surface area contributed by atoms with E-state index in [1.54, 1.807) is 7.05 Å². The summed E-state index contributed by atoms with van der Waals surface area (Å²) in [7, 11) is 1.69. The number of carbonyl (C=O) groups is 1. The minimum Gasteiger partial charge on any atom is -0.290 e. The fraction of sp³-hybridized carbons (Fsp3) is 0.400. The molecule has 1 N–H and O–H groups in total. The lowest BCUT2D eigenvalue weighted by Crippen LogP contribution is -2.27. The lowest BCUT2D eigenvalue weighted by atomic mass is 10.2. The number of nitrogens with one attached hydrogen (secondary N) is 1. The van der Waals surface area contributed by atoms with Gasteiger partial charge in [-0.15, -0.1) is 11.3 Å². The van der Waals surface area contributed by atoms with Crippen LogP contribution in [-0.2, 0) is 7.05 Å². The second-order valence-electron chi connectivity index (χ2n) is 5.86. The van der Waals surface area contributed by atoms with Gasteiger partial charge < -0.3 is 0 Å². The van der Waals surface area contributed by atoms with Crippen LogP contribution in [0.5, 0.6) is 0 Å². The number of nitrogens with zero attached hydrogens (tertiary/aromatic N) is 5. The Morgan fingerprint density at radius 1 is 1.33 bits per heavy atom. The Morgan fingerprint density at radius 3 is 2.67 bits per heavy atom. The van der Waals surface area contributed by atoms with Gasteiger partial charge in [0.25, 0.3) is 11.5 Å². The van der Waals surface area contributed by atoms with Crippen molar-refractivity contribution < 1.29 is 4.79 Å². The van der Waals surface area contributed by atoms with Crippen LogP contribution in [0.3, 0.4) is 0 Å². The van der Waals surface area contributed by atoms with Gasteiger partial charge >= 0.3 is 0 Å². The molecule has 0 aliphatic carbocycles. The second kappa shape index (κ2) is 5.82. The molecule has 3 aromatic rings. The van der Waals surface area contributed by atoms with E-state index in [0.717, 1.165) is 10.6 Å². The number of thiazole rings is 1. The molecule has 0 aliphatic heterocycles. The number of amides is 1. The molecule has 0 unspecified atom stereocenters. The summed E-state index contributed by atoms with van der Waals surface area (Å²) in [6.45, 7) is 7.68. The van der Waals surface area contributed by atoms with Crippen molar-refractivity contribution in [2.75, 3.05) is 5.32 Å². The predicted octanol–water partition coefficient (Wildman–Crippen LogP) is 1.88. The van der Waals surface area contributed by atoms with Crippen LogP contribution in [0.1, 0.15) is 46.5 Å². The molecule has 0 atom stereocenters. The van der Waals surface area contributed by atoms with E-state index >= 15 is 0 Å². The molecule has 9 heteroatoms. The molecule has 0 fully saturated rings. The van der Waals surface area contributed by atoms with E-state index in [1.165, 1.54) is 26.6 Å². The zero-order chi connectivity index (χ0) is 17.6. The highest BCUT2D eigenvalue weighted by Crippen LogP contribution is 2.18. The van der Waals surface area contributed by atoms with Gasteiger partial charge in [-0.3, -0.25) is 19.3 Å². The SMILES string of the molecule is Cc1sc2ncc(C(=O)Nc3nc(C(C)C)nn3C)c(=O)n2c1C. The highest BCUT2D eigenvalue weighted by Gasteiger charge is 2.19. The van der Waals surface area contributed by atoms with E-state index < -0.39 is 5.91 Å². The van der Waals surface area contributed by atoms with Crippen molar-refractivity contribution in [1.82, 2.24) is 24.1 Å². The maximum atomic E-state index is 12.6. The normalized spacial score (nSPS) is 11.4. The molecule has 0 aliphatic rings. The standard InChI is InChI=1S/C15H18N6O2S/c1-7(2)11-17-14(20(5)19-11)18-12(22)10-6-16-15-21(13(10)23)8(3)9(4)24-15/h6-7H,1-5H3,(H,17,18,19,22). The summed E-state index contributed by atoms with van der Waals surface area (Å²) < 4.78 is 2.95. The van der Waals surface area contributed by atoms with Crippen molar-refractivity contribution in [3.8, 4) is 0 Å². The van der Waals surface area contributed by atoms with Crippen LogP contribution in [0.2, 0.25) is 0 Å². The molecule has 0 saturated heterocycles. The van der Waals surface area contributed by atoms with Crippen LogP contribution in [-0.4, -0.2) is 30.1 Å². The molecule has 0 bridgehead atoms. The first-order valence-corrected chi connectivity index (χ1v) is 8.31.